The van der Waals surface area contributed by atoms with E-state index in [4.69, 9.17) is 10.5 Å². The van der Waals surface area contributed by atoms with Crippen molar-refractivity contribution in [3.63, 3.8) is 0 Å². The Morgan fingerprint density at radius 1 is 1.50 bits per heavy atom. The maximum Gasteiger partial charge on any atom is 0.410 e. The number of hydrogen-bond donors (Lipinski definition) is 1. The third-order valence-corrected chi connectivity index (χ3v) is 4.08. The van der Waals surface area contributed by atoms with Crippen molar-refractivity contribution in [2.75, 3.05) is 32.8 Å². The zero-order chi connectivity index (χ0) is 13.1. The van der Waals surface area contributed by atoms with Crippen molar-refractivity contribution in [1.29, 1.82) is 0 Å². The molecule has 2 rings (SSSR count). The molecule has 2 atom stereocenters. The first-order chi connectivity index (χ1) is 8.61. The summed E-state index contributed by atoms with van der Waals surface area (Å²) in [6.07, 6.45) is 2.23. The standard InChI is InChI=1S/C13H25N3O2/c1-10(2)15-5-3-4-11(7-15)8-16-12(6-14)9-18-13(16)17/h10-12H,3-9,14H2,1-2H3. The molecule has 2 aliphatic rings. The van der Waals surface area contributed by atoms with Crippen molar-refractivity contribution >= 4 is 6.09 Å². The zero-order valence-corrected chi connectivity index (χ0v) is 11.5. The fraction of sp³-hybridized carbons (Fsp3) is 0.923. The van der Waals surface area contributed by atoms with Gasteiger partial charge in [-0.25, -0.2) is 4.79 Å². The van der Waals surface area contributed by atoms with Crippen LogP contribution < -0.4 is 5.73 Å². The number of amides is 1. The molecule has 0 bridgehead atoms. The summed E-state index contributed by atoms with van der Waals surface area (Å²) in [4.78, 5) is 16.0. The first-order valence-electron chi connectivity index (χ1n) is 6.99. The lowest BCUT2D eigenvalue weighted by molar-refractivity contribution is 0.109. The summed E-state index contributed by atoms with van der Waals surface area (Å²) in [5, 5.41) is 0. The van der Waals surface area contributed by atoms with E-state index in [0.29, 0.717) is 25.1 Å². The van der Waals surface area contributed by atoms with Gasteiger partial charge in [0.1, 0.15) is 6.61 Å². The van der Waals surface area contributed by atoms with Crippen LogP contribution in [0, 0.1) is 5.92 Å². The van der Waals surface area contributed by atoms with Crippen molar-refractivity contribution in [2.24, 2.45) is 11.7 Å². The minimum absolute atomic E-state index is 0.0759. The van der Waals surface area contributed by atoms with Gasteiger partial charge in [-0.15, -0.1) is 0 Å². The Morgan fingerprint density at radius 2 is 2.28 bits per heavy atom. The van der Waals surface area contributed by atoms with Crippen molar-refractivity contribution in [3.05, 3.63) is 0 Å². The van der Waals surface area contributed by atoms with Crippen molar-refractivity contribution in [1.82, 2.24) is 9.80 Å². The Kier molecular flexibility index (Phi) is 4.45. The number of ether oxygens (including phenoxy) is 1. The highest BCUT2D eigenvalue weighted by atomic mass is 16.6. The fourth-order valence-corrected chi connectivity index (χ4v) is 2.90. The summed E-state index contributed by atoms with van der Waals surface area (Å²) in [5.74, 6) is 0.556. The highest BCUT2D eigenvalue weighted by molar-refractivity contribution is 5.70. The second-order valence-electron chi connectivity index (χ2n) is 5.72. The summed E-state index contributed by atoms with van der Waals surface area (Å²) >= 11 is 0. The largest absolute Gasteiger partial charge is 0.447 e. The average Bonchev–Trinajstić information content (AvgIpc) is 2.71. The Balaban J connectivity index is 1.90. The molecule has 2 unspecified atom stereocenters. The minimum Gasteiger partial charge on any atom is -0.447 e. The van der Waals surface area contributed by atoms with Gasteiger partial charge in [-0.05, 0) is 39.2 Å². The normalized spacial score (nSPS) is 30.0. The lowest BCUT2D eigenvalue weighted by atomic mass is 9.96. The number of nitrogens with zero attached hydrogens (tertiary/aromatic N) is 2. The van der Waals surface area contributed by atoms with E-state index >= 15 is 0 Å². The van der Waals surface area contributed by atoms with E-state index in [1.54, 1.807) is 0 Å². The van der Waals surface area contributed by atoms with E-state index in [2.05, 4.69) is 18.7 Å². The third kappa shape index (κ3) is 2.95. The number of carbonyl (C=O) groups excluding carboxylic acids is 1. The summed E-state index contributed by atoms with van der Waals surface area (Å²) in [6.45, 7) is 8.47. The highest BCUT2D eigenvalue weighted by Gasteiger charge is 2.34. The van der Waals surface area contributed by atoms with Crippen LogP contribution in [0.25, 0.3) is 0 Å². The van der Waals surface area contributed by atoms with Gasteiger partial charge in [0.05, 0.1) is 6.04 Å². The monoisotopic (exact) mass is 255 g/mol. The molecule has 0 radical (unpaired) electrons. The first kappa shape index (κ1) is 13.6. The molecule has 104 valence electrons. The fourth-order valence-electron chi connectivity index (χ4n) is 2.90. The maximum absolute atomic E-state index is 11.7. The number of likely N-dealkylation sites (tertiary alicyclic amines) is 1. The van der Waals surface area contributed by atoms with Crippen LogP contribution in [-0.4, -0.2) is 60.8 Å². The van der Waals surface area contributed by atoms with Gasteiger partial charge >= 0.3 is 6.09 Å². The Bertz CT molecular complexity index is 296. The van der Waals surface area contributed by atoms with E-state index in [-0.39, 0.29) is 12.1 Å². The number of cyclic esters (lactones) is 1. The summed E-state index contributed by atoms with van der Waals surface area (Å²) in [6, 6.07) is 0.663. The maximum atomic E-state index is 11.7. The molecule has 18 heavy (non-hydrogen) atoms. The molecule has 0 aromatic heterocycles. The SMILES string of the molecule is CC(C)N1CCCC(CN2C(=O)OCC2CN)C1. The third-order valence-electron chi connectivity index (χ3n) is 4.08. The first-order valence-corrected chi connectivity index (χ1v) is 6.99. The molecule has 2 N–H and O–H groups in total. The molecule has 0 saturated carbocycles. The van der Waals surface area contributed by atoms with Crippen LogP contribution in [0.1, 0.15) is 26.7 Å². The van der Waals surface area contributed by atoms with Crippen LogP contribution in [0.15, 0.2) is 0 Å². The number of rotatable bonds is 4. The van der Waals surface area contributed by atoms with Gasteiger partial charge < -0.3 is 20.3 Å². The predicted octanol–water partition coefficient (Wildman–Crippen LogP) is 0.886. The van der Waals surface area contributed by atoms with Gasteiger partial charge in [-0.2, -0.15) is 0 Å². The Hall–Kier alpha value is -0.810. The highest BCUT2D eigenvalue weighted by Crippen LogP contribution is 2.22. The molecule has 2 fully saturated rings. The number of carbonyl (C=O) groups is 1. The molecule has 0 aliphatic carbocycles. The lowest BCUT2D eigenvalue weighted by Crippen LogP contribution is -2.47. The Labute approximate surface area is 109 Å². The Morgan fingerprint density at radius 3 is 2.94 bits per heavy atom. The lowest BCUT2D eigenvalue weighted by Gasteiger charge is -2.37. The van der Waals surface area contributed by atoms with Gasteiger partial charge in [0, 0.05) is 25.7 Å². The summed E-state index contributed by atoms with van der Waals surface area (Å²) in [5.41, 5.74) is 5.68. The second kappa shape index (κ2) is 5.89. The van der Waals surface area contributed by atoms with Crippen LogP contribution in [-0.2, 0) is 4.74 Å². The quantitative estimate of drug-likeness (QED) is 0.810. The van der Waals surface area contributed by atoms with Crippen LogP contribution in [0.3, 0.4) is 0 Å². The van der Waals surface area contributed by atoms with E-state index in [9.17, 15) is 4.79 Å². The molecule has 0 aromatic rings. The van der Waals surface area contributed by atoms with Crippen LogP contribution >= 0.6 is 0 Å². The van der Waals surface area contributed by atoms with Gasteiger partial charge in [-0.3, -0.25) is 0 Å². The number of hydrogen-bond acceptors (Lipinski definition) is 4. The predicted molar refractivity (Wildman–Crippen MR) is 70.3 cm³/mol. The number of nitrogens with two attached hydrogens (primary N) is 1. The average molecular weight is 255 g/mol. The molecule has 2 saturated heterocycles. The molecule has 5 nitrogen and oxygen atoms in total. The zero-order valence-electron chi connectivity index (χ0n) is 11.5. The van der Waals surface area contributed by atoms with Crippen molar-refractivity contribution < 1.29 is 9.53 Å². The molecule has 5 heteroatoms. The van der Waals surface area contributed by atoms with E-state index in [1.165, 1.54) is 19.4 Å². The smallest absolute Gasteiger partial charge is 0.410 e. The molecule has 2 heterocycles. The second-order valence-corrected chi connectivity index (χ2v) is 5.72. The van der Waals surface area contributed by atoms with Gasteiger partial charge in [0.2, 0.25) is 0 Å². The van der Waals surface area contributed by atoms with E-state index in [0.717, 1.165) is 13.1 Å². The van der Waals surface area contributed by atoms with Gasteiger partial charge in [0.25, 0.3) is 0 Å². The van der Waals surface area contributed by atoms with Crippen LogP contribution in [0.5, 0.6) is 0 Å². The molecule has 0 spiro atoms. The summed E-state index contributed by atoms with van der Waals surface area (Å²) < 4.78 is 5.08. The topological polar surface area (TPSA) is 58.8 Å². The van der Waals surface area contributed by atoms with Gasteiger partial charge in [0.15, 0.2) is 0 Å². The van der Waals surface area contributed by atoms with E-state index in [1.807, 2.05) is 4.90 Å². The van der Waals surface area contributed by atoms with E-state index < -0.39 is 0 Å². The van der Waals surface area contributed by atoms with Crippen LogP contribution in [0.4, 0.5) is 4.79 Å². The summed E-state index contributed by atoms with van der Waals surface area (Å²) in [7, 11) is 0. The van der Waals surface area contributed by atoms with Gasteiger partial charge in [-0.1, -0.05) is 0 Å². The molecule has 0 aromatic carbocycles. The molecular formula is C13H25N3O2. The van der Waals surface area contributed by atoms with Crippen LogP contribution in [0.2, 0.25) is 0 Å². The molecule has 1 amide bonds. The van der Waals surface area contributed by atoms with Crippen molar-refractivity contribution in [2.45, 2.75) is 38.8 Å². The molecular weight excluding hydrogens is 230 g/mol. The number of piperidine rings is 1. The minimum atomic E-state index is -0.188. The molecule has 2 aliphatic heterocycles. The van der Waals surface area contributed by atoms with Crippen molar-refractivity contribution in [3.8, 4) is 0 Å².